The van der Waals surface area contributed by atoms with Gasteiger partial charge in [-0.1, -0.05) is 41.6 Å². The van der Waals surface area contributed by atoms with Crippen LogP contribution < -0.4 is 5.73 Å². The number of hydrogen-bond donors (Lipinski definition) is 1. The largest absolute Gasteiger partial charge is 0.349 e. The second-order valence-corrected chi connectivity index (χ2v) is 6.53. The van der Waals surface area contributed by atoms with Crippen molar-refractivity contribution >= 4 is 34.3 Å². The number of nitrogens with zero attached hydrogens (tertiary/aromatic N) is 1. The Kier molecular flexibility index (Phi) is 4.24. The standard InChI is InChI=1S/C17H17ClN2S/c1-20-11-17(14-4-2-3-5-15(14)20)21-16-7-6-13(18)10-12(16)8-9-19/h2-7,10-11H,8-9,19H2,1H3. The molecule has 0 aliphatic heterocycles. The maximum absolute atomic E-state index is 6.10. The number of fused-ring (bicyclic) bond motifs is 1. The maximum atomic E-state index is 6.10. The Bertz CT molecular complexity index is 780. The molecule has 0 saturated carbocycles. The zero-order valence-electron chi connectivity index (χ0n) is 11.8. The molecule has 0 aliphatic rings. The van der Waals surface area contributed by atoms with Crippen molar-refractivity contribution in [1.82, 2.24) is 4.57 Å². The summed E-state index contributed by atoms with van der Waals surface area (Å²) in [6.45, 7) is 0.628. The van der Waals surface area contributed by atoms with E-state index < -0.39 is 0 Å². The van der Waals surface area contributed by atoms with Crippen LogP contribution in [0.3, 0.4) is 0 Å². The summed E-state index contributed by atoms with van der Waals surface area (Å²) in [4.78, 5) is 2.48. The van der Waals surface area contributed by atoms with E-state index in [-0.39, 0.29) is 0 Å². The molecule has 2 N–H and O–H groups in total. The Morgan fingerprint density at radius 1 is 1.14 bits per heavy atom. The molecule has 0 radical (unpaired) electrons. The molecule has 3 aromatic rings. The fourth-order valence-corrected chi connectivity index (χ4v) is 3.86. The lowest BCUT2D eigenvalue weighted by Gasteiger charge is -2.08. The zero-order chi connectivity index (χ0) is 14.8. The first-order valence-corrected chi connectivity index (χ1v) is 8.09. The highest BCUT2D eigenvalue weighted by Gasteiger charge is 2.10. The molecule has 108 valence electrons. The molecule has 0 bridgehead atoms. The average molecular weight is 317 g/mol. The average Bonchev–Trinajstić information content (AvgIpc) is 2.79. The van der Waals surface area contributed by atoms with E-state index in [1.165, 1.54) is 26.3 Å². The first kappa shape index (κ1) is 14.5. The Hall–Kier alpha value is -1.42. The number of aryl methyl sites for hydroxylation is 1. The van der Waals surface area contributed by atoms with Gasteiger partial charge in [0.15, 0.2) is 0 Å². The highest BCUT2D eigenvalue weighted by Crippen LogP contribution is 2.37. The molecule has 2 nitrogen and oxygen atoms in total. The summed E-state index contributed by atoms with van der Waals surface area (Å²) >= 11 is 7.88. The van der Waals surface area contributed by atoms with E-state index in [2.05, 4.69) is 48.1 Å². The van der Waals surface area contributed by atoms with Gasteiger partial charge in [0.1, 0.15) is 0 Å². The van der Waals surface area contributed by atoms with E-state index in [9.17, 15) is 0 Å². The third kappa shape index (κ3) is 2.95. The normalized spacial score (nSPS) is 11.2. The summed E-state index contributed by atoms with van der Waals surface area (Å²) in [6.07, 6.45) is 3.02. The first-order valence-electron chi connectivity index (χ1n) is 6.89. The topological polar surface area (TPSA) is 30.9 Å². The quantitative estimate of drug-likeness (QED) is 0.769. The number of hydrogen-bond acceptors (Lipinski definition) is 2. The van der Waals surface area contributed by atoms with Gasteiger partial charge in [0.25, 0.3) is 0 Å². The van der Waals surface area contributed by atoms with Gasteiger partial charge in [0.05, 0.1) is 0 Å². The van der Waals surface area contributed by atoms with Crippen LogP contribution in [-0.2, 0) is 13.5 Å². The van der Waals surface area contributed by atoms with Gasteiger partial charge < -0.3 is 10.3 Å². The van der Waals surface area contributed by atoms with Crippen molar-refractivity contribution in [3.05, 3.63) is 59.2 Å². The van der Waals surface area contributed by atoms with Crippen LogP contribution in [0.15, 0.2) is 58.5 Å². The highest BCUT2D eigenvalue weighted by molar-refractivity contribution is 7.99. The van der Waals surface area contributed by atoms with Gasteiger partial charge in [0, 0.05) is 39.0 Å². The van der Waals surface area contributed by atoms with Crippen molar-refractivity contribution in [3.8, 4) is 0 Å². The van der Waals surface area contributed by atoms with Crippen LogP contribution in [0.5, 0.6) is 0 Å². The minimum Gasteiger partial charge on any atom is -0.349 e. The Labute approximate surface area is 133 Å². The molecule has 0 fully saturated rings. The van der Waals surface area contributed by atoms with Gasteiger partial charge in [-0.3, -0.25) is 0 Å². The Morgan fingerprint density at radius 3 is 2.76 bits per heavy atom. The van der Waals surface area contributed by atoms with E-state index in [0.717, 1.165) is 11.4 Å². The maximum Gasteiger partial charge on any atom is 0.0489 e. The second-order valence-electron chi connectivity index (χ2n) is 5.01. The zero-order valence-corrected chi connectivity index (χ0v) is 13.4. The molecule has 1 heterocycles. The molecule has 1 aromatic heterocycles. The summed E-state index contributed by atoms with van der Waals surface area (Å²) in [7, 11) is 2.08. The highest BCUT2D eigenvalue weighted by atomic mass is 35.5. The molecular formula is C17H17ClN2S. The predicted octanol–water partition coefficient (Wildman–Crippen LogP) is 4.48. The molecule has 21 heavy (non-hydrogen) atoms. The van der Waals surface area contributed by atoms with Crippen LogP contribution in [0.25, 0.3) is 10.9 Å². The number of nitrogens with two attached hydrogens (primary N) is 1. The Balaban J connectivity index is 2.02. The summed E-state index contributed by atoms with van der Waals surface area (Å²) in [5, 5.41) is 2.04. The van der Waals surface area contributed by atoms with Crippen LogP contribution >= 0.6 is 23.4 Å². The van der Waals surface area contributed by atoms with Crippen LogP contribution in [0.1, 0.15) is 5.56 Å². The molecule has 0 spiro atoms. The smallest absolute Gasteiger partial charge is 0.0489 e. The van der Waals surface area contributed by atoms with Crippen LogP contribution in [-0.4, -0.2) is 11.1 Å². The van der Waals surface area contributed by atoms with Crippen molar-refractivity contribution in [2.45, 2.75) is 16.2 Å². The van der Waals surface area contributed by atoms with E-state index in [0.29, 0.717) is 6.54 Å². The van der Waals surface area contributed by atoms with Gasteiger partial charge in [-0.05, 0) is 42.8 Å². The van der Waals surface area contributed by atoms with E-state index in [4.69, 9.17) is 17.3 Å². The van der Waals surface area contributed by atoms with Gasteiger partial charge in [-0.2, -0.15) is 0 Å². The lowest BCUT2D eigenvalue weighted by Crippen LogP contribution is -2.03. The van der Waals surface area contributed by atoms with Gasteiger partial charge in [-0.25, -0.2) is 0 Å². The van der Waals surface area contributed by atoms with Crippen molar-refractivity contribution in [3.63, 3.8) is 0 Å². The third-order valence-electron chi connectivity index (χ3n) is 3.52. The number of rotatable bonds is 4. The fraction of sp³-hybridized carbons (Fsp3) is 0.176. The van der Waals surface area contributed by atoms with Crippen LogP contribution in [0.2, 0.25) is 5.02 Å². The molecule has 2 aromatic carbocycles. The molecule has 0 amide bonds. The molecule has 0 saturated heterocycles. The van der Waals surface area contributed by atoms with Gasteiger partial charge in [-0.15, -0.1) is 0 Å². The lowest BCUT2D eigenvalue weighted by molar-refractivity contribution is 0.943. The van der Waals surface area contributed by atoms with Crippen molar-refractivity contribution in [2.75, 3.05) is 6.54 Å². The SMILES string of the molecule is Cn1cc(Sc2ccc(Cl)cc2CCN)c2ccccc21. The fourth-order valence-electron chi connectivity index (χ4n) is 2.50. The van der Waals surface area contributed by atoms with Crippen molar-refractivity contribution in [1.29, 1.82) is 0 Å². The summed E-state index contributed by atoms with van der Waals surface area (Å²) in [5.41, 5.74) is 8.17. The monoisotopic (exact) mass is 316 g/mol. The first-order chi connectivity index (χ1) is 10.2. The summed E-state index contributed by atoms with van der Waals surface area (Å²) in [6, 6.07) is 14.5. The molecular weight excluding hydrogens is 300 g/mol. The minimum atomic E-state index is 0.628. The van der Waals surface area contributed by atoms with Crippen LogP contribution in [0.4, 0.5) is 0 Å². The van der Waals surface area contributed by atoms with E-state index >= 15 is 0 Å². The minimum absolute atomic E-state index is 0.628. The van der Waals surface area contributed by atoms with Crippen LogP contribution in [0, 0.1) is 0 Å². The summed E-state index contributed by atoms with van der Waals surface area (Å²) < 4.78 is 2.16. The predicted molar refractivity (Wildman–Crippen MR) is 91.3 cm³/mol. The van der Waals surface area contributed by atoms with E-state index in [1.807, 2.05) is 12.1 Å². The number of para-hydroxylation sites is 1. The summed E-state index contributed by atoms with van der Waals surface area (Å²) in [5.74, 6) is 0. The Morgan fingerprint density at radius 2 is 1.95 bits per heavy atom. The number of halogens is 1. The molecule has 3 rings (SSSR count). The molecule has 0 atom stereocenters. The molecule has 4 heteroatoms. The van der Waals surface area contributed by atoms with E-state index in [1.54, 1.807) is 11.8 Å². The number of aromatic nitrogens is 1. The van der Waals surface area contributed by atoms with Gasteiger partial charge in [0.2, 0.25) is 0 Å². The number of benzene rings is 2. The van der Waals surface area contributed by atoms with Gasteiger partial charge >= 0.3 is 0 Å². The third-order valence-corrected chi connectivity index (χ3v) is 4.92. The van der Waals surface area contributed by atoms with Crippen molar-refractivity contribution < 1.29 is 0 Å². The second kappa shape index (κ2) is 6.14. The lowest BCUT2D eigenvalue weighted by atomic mass is 10.1. The molecule has 0 aliphatic carbocycles. The van der Waals surface area contributed by atoms with Crippen molar-refractivity contribution in [2.24, 2.45) is 12.8 Å². The molecule has 0 unspecified atom stereocenters.